The second-order valence-electron chi connectivity index (χ2n) is 3.30. The lowest BCUT2D eigenvalue weighted by molar-refractivity contribution is 0.352. The summed E-state index contributed by atoms with van der Waals surface area (Å²) in [7, 11) is 0. The van der Waals surface area contributed by atoms with E-state index in [9.17, 15) is 0 Å². The van der Waals surface area contributed by atoms with Crippen LogP contribution < -0.4 is 5.73 Å². The Bertz CT molecular complexity index is 156. The van der Waals surface area contributed by atoms with Crippen LogP contribution in [0.1, 0.15) is 25.7 Å². The highest BCUT2D eigenvalue weighted by Crippen LogP contribution is 2.16. The highest BCUT2D eigenvalue weighted by atomic mass is 32.2. The van der Waals surface area contributed by atoms with E-state index in [1.54, 1.807) is 11.8 Å². The maximum Gasteiger partial charge on any atom is 0.136 e. The summed E-state index contributed by atoms with van der Waals surface area (Å²) in [6, 6.07) is 0. The summed E-state index contributed by atoms with van der Waals surface area (Å²) in [4.78, 5) is 2.33. The topological polar surface area (TPSA) is 29.3 Å². The van der Waals surface area contributed by atoms with Crippen LogP contribution >= 0.6 is 24.0 Å². The Morgan fingerprint density at radius 1 is 1.31 bits per heavy atom. The molecule has 2 N–H and O–H groups in total. The SMILES string of the molecule is NCCCSC(=S)N1CCCCC1. The van der Waals surface area contributed by atoms with Gasteiger partial charge in [-0.15, -0.1) is 0 Å². The van der Waals surface area contributed by atoms with Gasteiger partial charge in [0.2, 0.25) is 0 Å². The molecule has 0 atom stereocenters. The van der Waals surface area contributed by atoms with E-state index in [0.717, 1.165) is 36.1 Å². The summed E-state index contributed by atoms with van der Waals surface area (Å²) in [5.41, 5.74) is 5.42. The van der Waals surface area contributed by atoms with Crippen molar-refractivity contribution in [3.63, 3.8) is 0 Å². The van der Waals surface area contributed by atoms with Gasteiger partial charge >= 0.3 is 0 Å². The van der Waals surface area contributed by atoms with Gasteiger partial charge in [0.15, 0.2) is 0 Å². The van der Waals surface area contributed by atoms with E-state index in [4.69, 9.17) is 18.0 Å². The third-order valence-electron chi connectivity index (χ3n) is 2.19. The van der Waals surface area contributed by atoms with Crippen molar-refractivity contribution in [2.75, 3.05) is 25.4 Å². The predicted octanol–water partition coefficient (Wildman–Crippen LogP) is 1.84. The second-order valence-corrected chi connectivity index (χ2v) is 5.03. The van der Waals surface area contributed by atoms with Crippen molar-refractivity contribution in [3.05, 3.63) is 0 Å². The molecule has 13 heavy (non-hydrogen) atoms. The lowest BCUT2D eigenvalue weighted by Crippen LogP contribution is -2.32. The molecule has 1 fully saturated rings. The molecule has 0 radical (unpaired) electrons. The molecule has 1 saturated heterocycles. The van der Waals surface area contributed by atoms with Crippen LogP contribution in [0, 0.1) is 0 Å². The first-order valence-electron chi connectivity index (χ1n) is 4.96. The first-order chi connectivity index (χ1) is 6.34. The van der Waals surface area contributed by atoms with Gasteiger partial charge in [0, 0.05) is 18.8 Å². The summed E-state index contributed by atoms with van der Waals surface area (Å²) in [5, 5.41) is 0. The molecule has 0 aromatic heterocycles. The molecule has 0 aliphatic carbocycles. The number of nitrogens with zero attached hydrogens (tertiary/aromatic N) is 1. The summed E-state index contributed by atoms with van der Waals surface area (Å²) in [5.74, 6) is 1.08. The van der Waals surface area contributed by atoms with E-state index in [0.29, 0.717) is 0 Å². The third-order valence-corrected chi connectivity index (χ3v) is 3.80. The van der Waals surface area contributed by atoms with Crippen molar-refractivity contribution in [1.82, 2.24) is 4.90 Å². The third kappa shape index (κ3) is 4.29. The standard InChI is InChI=1S/C9H18N2S2/c10-5-4-8-13-9(12)11-6-2-1-3-7-11/h1-8,10H2. The number of thiocarbonyl (C=S) groups is 1. The van der Waals surface area contributed by atoms with Crippen molar-refractivity contribution < 1.29 is 0 Å². The van der Waals surface area contributed by atoms with Crippen LogP contribution in [0.5, 0.6) is 0 Å². The van der Waals surface area contributed by atoms with Gasteiger partial charge in [-0.1, -0.05) is 24.0 Å². The zero-order chi connectivity index (χ0) is 9.52. The minimum atomic E-state index is 0.773. The average Bonchev–Trinajstić information content (AvgIpc) is 2.19. The van der Waals surface area contributed by atoms with Gasteiger partial charge in [-0.2, -0.15) is 0 Å². The quantitative estimate of drug-likeness (QED) is 0.578. The van der Waals surface area contributed by atoms with E-state index in [-0.39, 0.29) is 0 Å². The second kappa shape index (κ2) is 6.62. The largest absolute Gasteiger partial charge is 0.358 e. The number of likely N-dealkylation sites (tertiary alicyclic amines) is 1. The normalized spacial score (nSPS) is 17.5. The van der Waals surface area contributed by atoms with Gasteiger partial charge in [0.1, 0.15) is 4.32 Å². The summed E-state index contributed by atoms with van der Waals surface area (Å²) in [6.07, 6.45) is 5.04. The first-order valence-corrected chi connectivity index (χ1v) is 6.36. The van der Waals surface area contributed by atoms with Crippen molar-refractivity contribution in [3.8, 4) is 0 Å². The maximum atomic E-state index is 5.42. The van der Waals surface area contributed by atoms with Gasteiger partial charge in [0.05, 0.1) is 0 Å². The molecule has 1 heterocycles. The summed E-state index contributed by atoms with van der Waals surface area (Å²) < 4.78 is 1.08. The van der Waals surface area contributed by atoms with E-state index in [1.165, 1.54) is 19.3 Å². The molecule has 2 nitrogen and oxygen atoms in total. The van der Waals surface area contributed by atoms with E-state index < -0.39 is 0 Å². The van der Waals surface area contributed by atoms with Crippen molar-refractivity contribution >= 4 is 28.3 Å². The van der Waals surface area contributed by atoms with Crippen LogP contribution in [0.2, 0.25) is 0 Å². The number of hydrogen-bond donors (Lipinski definition) is 1. The summed E-state index contributed by atoms with van der Waals surface area (Å²) >= 11 is 7.12. The summed E-state index contributed by atoms with van der Waals surface area (Å²) in [6.45, 7) is 3.10. The predicted molar refractivity (Wildman–Crippen MR) is 64.2 cm³/mol. The maximum absolute atomic E-state index is 5.42. The highest BCUT2D eigenvalue weighted by Gasteiger charge is 2.12. The molecule has 0 bridgehead atoms. The number of rotatable bonds is 3. The smallest absolute Gasteiger partial charge is 0.136 e. The lowest BCUT2D eigenvalue weighted by atomic mass is 10.1. The Morgan fingerprint density at radius 2 is 2.00 bits per heavy atom. The Labute approximate surface area is 90.2 Å². The molecule has 1 aliphatic rings. The molecular weight excluding hydrogens is 200 g/mol. The number of piperidine rings is 1. The number of thioether (sulfide) groups is 1. The minimum Gasteiger partial charge on any atom is -0.358 e. The number of nitrogens with two attached hydrogens (primary N) is 1. The lowest BCUT2D eigenvalue weighted by Gasteiger charge is -2.28. The number of hydrogen-bond acceptors (Lipinski definition) is 3. The Hall–Kier alpha value is 0.200. The molecular formula is C9H18N2S2. The Kier molecular flexibility index (Phi) is 5.75. The monoisotopic (exact) mass is 218 g/mol. The van der Waals surface area contributed by atoms with Crippen LogP contribution in [-0.4, -0.2) is 34.6 Å². The molecule has 76 valence electrons. The van der Waals surface area contributed by atoms with E-state index in [1.807, 2.05) is 0 Å². The highest BCUT2D eigenvalue weighted by molar-refractivity contribution is 8.22. The van der Waals surface area contributed by atoms with Crippen molar-refractivity contribution in [2.45, 2.75) is 25.7 Å². The van der Waals surface area contributed by atoms with E-state index in [2.05, 4.69) is 4.90 Å². The first kappa shape index (κ1) is 11.3. The molecule has 0 amide bonds. The van der Waals surface area contributed by atoms with E-state index >= 15 is 0 Å². The van der Waals surface area contributed by atoms with Gasteiger partial charge < -0.3 is 10.6 Å². The molecule has 1 aliphatic heterocycles. The molecule has 0 unspecified atom stereocenters. The van der Waals surface area contributed by atoms with Crippen LogP contribution in [0.15, 0.2) is 0 Å². The zero-order valence-corrected chi connectivity index (χ0v) is 9.63. The fourth-order valence-corrected chi connectivity index (χ4v) is 2.69. The van der Waals surface area contributed by atoms with Crippen LogP contribution in [-0.2, 0) is 0 Å². The van der Waals surface area contributed by atoms with Gasteiger partial charge in [-0.05, 0) is 32.2 Å². The zero-order valence-electron chi connectivity index (χ0n) is 8.00. The van der Waals surface area contributed by atoms with Crippen molar-refractivity contribution in [1.29, 1.82) is 0 Å². The van der Waals surface area contributed by atoms with Crippen LogP contribution in [0.25, 0.3) is 0 Å². The fourth-order valence-electron chi connectivity index (χ4n) is 1.41. The molecule has 0 spiro atoms. The fraction of sp³-hybridized carbons (Fsp3) is 0.889. The van der Waals surface area contributed by atoms with Gasteiger partial charge in [0.25, 0.3) is 0 Å². The molecule has 4 heteroatoms. The molecule has 0 aromatic rings. The minimum absolute atomic E-state index is 0.773. The Balaban J connectivity index is 2.13. The Morgan fingerprint density at radius 3 is 2.62 bits per heavy atom. The van der Waals surface area contributed by atoms with Gasteiger partial charge in [-0.25, -0.2) is 0 Å². The van der Waals surface area contributed by atoms with Crippen LogP contribution in [0.4, 0.5) is 0 Å². The molecule has 0 aromatic carbocycles. The average molecular weight is 218 g/mol. The van der Waals surface area contributed by atoms with Gasteiger partial charge in [-0.3, -0.25) is 0 Å². The van der Waals surface area contributed by atoms with Crippen molar-refractivity contribution in [2.24, 2.45) is 5.73 Å². The van der Waals surface area contributed by atoms with Crippen LogP contribution in [0.3, 0.4) is 0 Å². The molecule has 0 saturated carbocycles. The molecule has 1 rings (SSSR count).